The van der Waals surface area contributed by atoms with Gasteiger partial charge in [-0.3, -0.25) is 4.79 Å². The van der Waals surface area contributed by atoms with Crippen molar-refractivity contribution in [2.24, 2.45) is 0 Å². The number of rotatable bonds is 5. The summed E-state index contributed by atoms with van der Waals surface area (Å²) in [6.45, 7) is -0.00447. The number of hydrogen-bond acceptors (Lipinski definition) is 5. The summed E-state index contributed by atoms with van der Waals surface area (Å²) >= 11 is 6.89. The van der Waals surface area contributed by atoms with Gasteiger partial charge in [0, 0.05) is 16.1 Å². The molecular weight excluding hydrogens is 439 g/mol. The molecule has 1 amide bonds. The van der Waals surface area contributed by atoms with Crippen LogP contribution >= 0.6 is 23.4 Å². The Morgan fingerprint density at radius 3 is 2.67 bits per heavy atom. The fraction of sp³-hybridized carbons (Fsp3) is 0.150. The molecule has 2 aromatic carbocycles. The highest BCUT2D eigenvalue weighted by Crippen LogP contribution is 2.29. The fourth-order valence-corrected chi connectivity index (χ4v) is 2.94. The fourth-order valence-electron chi connectivity index (χ4n) is 2.22. The standard InChI is InChI=1S/C20H13ClF3N3O2S/c21-16-8-6-14(7-9-16)18-26-27-19(29-18)30-12-17(28)25-10-2-4-13-3-1-5-15(11-13)20(22,23)24/h1,3,5-9,11H,10,12H2,(H,25,28). The van der Waals surface area contributed by atoms with Gasteiger partial charge in [0.2, 0.25) is 11.8 Å². The highest BCUT2D eigenvalue weighted by Gasteiger charge is 2.30. The monoisotopic (exact) mass is 451 g/mol. The number of alkyl halides is 3. The number of carbonyl (C=O) groups excluding carboxylic acids is 1. The summed E-state index contributed by atoms with van der Waals surface area (Å²) in [7, 11) is 0. The van der Waals surface area contributed by atoms with E-state index in [2.05, 4.69) is 27.4 Å². The highest BCUT2D eigenvalue weighted by atomic mass is 35.5. The highest BCUT2D eigenvalue weighted by molar-refractivity contribution is 7.99. The Bertz CT molecular complexity index is 1090. The molecule has 3 aromatic rings. The summed E-state index contributed by atoms with van der Waals surface area (Å²) < 4.78 is 43.5. The number of nitrogens with zero attached hydrogens (tertiary/aromatic N) is 2. The quantitative estimate of drug-likeness (QED) is 0.451. The van der Waals surface area contributed by atoms with Crippen molar-refractivity contribution in [3.63, 3.8) is 0 Å². The molecule has 0 atom stereocenters. The van der Waals surface area contributed by atoms with Crippen LogP contribution in [0.2, 0.25) is 5.02 Å². The van der Waals surface area contributed by atoms with Crippen LogP contribution in [0.25, 0.3) is 11.5 Å². The number of amides is 1. The average molecular weight is 452 g/mol. The number of halogens is 4. The van der Waals surface area contributed by atoms with Crippen molar-refractivity contribution in [3.05, 3.63) is 64.7 Å². The molecule has 5 nitrogen and oxygen atoms in total. The van der Waals surface area contributed by atoms with Crippen LogP contribution in [0, 0.1) is 11.8 Å². The maximum atomic E-state index is 12.7. The molecule has 1 N–H and O–H groups in total. The van der Waals surface area contributed by atoms with Gasteiger partial charge in [0.15, 0.2) is 0 Å². The van der Waals surface area contributed by atoms with Gasteiger partial charge in [-0.15, -0.1) is 10.2 Å². The number of benzene rings is 2. The minimum atomic E-state index is -4.43. The molecule has 1 heterocycles. The van der Waals surface area contributed by atoms with Gasteiger partial charge in [-0.1, -0.05) is 41.3 Å². The third-order valence-corrected chi connectivity index (χ3v) is 4.69. The van der Waals surface area contributed by atoms with E-state index in [1.54, 1.807) is 24.3 Å². The van der Waals surface area contributed by atoms with Crippen LogP contribution in [0.5, 0.6) is 0 Å². The Labute approximate surface area is 179 Å². The second-order valence-corrected chi connectivity index (χ2v) is 7.19. The van der Waals surface area contributed by atoms with E-state index in [1.807, 2.05) is 0 Å². The van der Waals surface area contributed by atoms with E-state index in [9.17, 15) is 18.0 Å². The first-order chi connectivity index (χ1) is 14.3. The zero-order chi connectivity index (χ0) is 21.6. The third-order valence-electron chi connectivity index (χ3n) is 3.62. The number of hydrogen-bond donors (Lipinski definition) is 1. The van der Waals surface area contributed by atoms with E-state index in [4.69, 9.17) is 16.0 Å². The van der Waals surface area contributed by atoms with Crippen LogP contribution in [0.3, 0.4) is 0 Å². The van der Waals surface area contributed by atoms with Gasteiger partial charge < -0.3 is 9.73 Å². The minimum Gasteiger partial charge on any atom is -0.411 e. The van der Waals surface area contributed by atoms with Crippen molar-refractivity contribution in [2.75, 3.05) is 12.3 Å². The Morgan fingerprint density at radius 2 is 1.93 bits per heavy atom. The number of aromatic nitrogens is 2. The summed E-state index contributed by atoms with van der Waals surface area (Å²) in [5.41, 5.74) is 0.148. The number of thioether (sulfide) groups is 1. The zero-order valence-corrected chi connectivity index (χ0v) is 16.7. The summed E-state index contributed by atoms with van der Waals surface area (Å²) in [5, 5.41) is 11.1. The molecule has 0 bridgehead atoms. The lowest BCUT2D eigenvalue weighted by Gasteiger charge is -2.05. The number of carbonyl (C=O) groups is 1. The SMILES string of the molecule is O=C(CSc1nnc(-c2ccc(Cl)cc2)o1)NCC#Cc1cccc(C(F)(F)F)c1. The first-order valence-electron chi connectivity index (χ1n) is 8.46. The maximum absolute atomic E-state index is 12.7. The van der Waals surface area contributed by atoms with E-state index in [0.29, 0.717) is 16.5 Å². The smallest absolute Gasteiger partial charge is 0.411 e. The van der Waals surface area contributed by atoms with Gasteiger partial charge in [-0.25, -0.2) is 0 Å². The Kier molecular flexibility index (Phi) is 7.03. The van der Waals surface area contributed by atoms with E-state index in [1.165, 1.54) is 12.1 Å². The van der Waals surface area contributed by atoms with Crippen molar-refractivity contribution in [2.45, 2.75) is 11.4 Å². The van der Waals surface area contributed by atoms with Crippen molar-refractivity contribution < 1.29 is 22.4 Å². The van der Waals surface area contributed by atoms with Crippen LogP contribution in [0.1, 0.15) is 11.1 Å². The van der Waals surface area contributed by atoms with Crippen LogP contribution in [-0.4, -0.2) is 28.4 Å². The molecule has 0 saturated heterocycles. The third kappa shape index (κ3) is 6.27. The lowest BCUT2D eigenvalue weighted by Crippen LogP contribution is -2.25. The molecule has 0 aliphatic heterocycles. The molecule has 0 aliphatic carbocycles. The van der Waals surface area contributed by atoms with Crippen molar-refractivity contribution in [3.8, 4) is 23.3 Å². The van der Waals surface area contributed by atoms with Crippen molar-refractivity contribution in [1.82, 2.24) is 15.5 Å². The zero-order valence-electron chi connectivity index (χ0n) is 15.2. The van der Waals surface area contributed by atoms with Crippen LogP contribution < -0.4 is 5.32 Å². The largest absolute Gasteiger partial charge is 0.416 e. The van der Waals surface area contributed by atoms with Gasteiger partial charge in [-0.05, 0) is 42.5 Å². The van der Waals surface area contributed by atoms with Gasteiger partial charge in [-0.2, -0.15) is 13.2 Å². The van der Waals surface area contributed by atoms with Crippen molar-refractivity contribution in [1.29, 1.82) is 0 Å². The van der Waals surface area contributed by atoms with E-state index < -0.39 is 11.7 Å². The molecule has 1 aromatic heterocycles. The molecule has 0 radical (unpaired) electrons. The summed E-state index contributed by atoms with van der Waals surface area (Å²) in [6.07, 6.45) is -4.43. The lowest BCUT2D eigenvalue weighted by atomic mass is 10.1. The second-order valence-electron chi connectivity index (χ2n) is 5.83. The van der Waals surface area contributed by atoms with Gasteiger partial charge in [0.05, 0.1) is 17.9 Å². The Balaban J connectivity index is 1.46. The first kappa shape index (κ1) is 21.7. The van der Waals surface area contributed by atoms with Crippen LogP contribution in [0.15, 0.2) is 58.2 Å². The summed E-state index contributed by atoms with van der Waals surface area (Å²) in [5.74, 6) is 5.21. The van der Waals surface area contributed by atoms with E-state index >= 15 is 0 Å². The molecular formula is C20H13ClF3N3O2S. The predicted octanol–water partition coefficient (Wildman–Crippen LogP) is 4.67. The molecule has 10 heteroatoms. The Hall–Kier alpha value is -2.96. The molecule has 0 aliphatic rings. The van der Waals surface area contributed by atoms with Crippen LogP contribution in [-0.2, 0) is 11.0 Å². The van der Waals surface area contributed by atoms with Crippen LogP contribution in [0.4, 0.5) is 13.2 Å². The lowest BCUT2D eigenvalue weighted by molar-refractivity contribution is -0.137. The maximum Gasteiger partial charge on any atom is 0.416 e. The van der Waals surface area contributed by atoms with Crippen molar-refractivity contribution >= 4 is 29.3 Å². The summed E-state index contributed by atoms with van der Waals surface area (Å²) in [4.78, 5) is 11.9. The average Bonchev–Trinajstić information content (AvgIpc) is 3.19. The normalized spacial score (nSPS) is 10.9. The molecule has 3 rings (SSSR count). The van der Waals surface area contributed by atoms with Gasteiger partial charge in [0.1, 0.15) is 0 Å². The Morgan fingerprint density at radius 1 is 1.17 bits per heavy atom. The topological polar surface area (TPSA) is 68.0 Å². The minimum absolute atomic E-state index is 0.00447. The molecule has 0 spiro atoms. The van der Waals surface area contributed by atoms with Gasteiger partial charge in [0.25, 0.3) is 5.22 Å². The summed E-state index contributed by atoms with van der Waals surface area (Å²) in [6, 6.07) is 11.5. The number of nitrogens with one attached hydrogen (secondary N) is 1. The first-order valence-corrected chi connectivity index (χ1v) is 9.83. The molecule has 30 heavy (non-hydrogen) atoms. The van der Waals surface area contributed by atoms with Gasteiger partial charge >= 0.3 is 6.18 Å². The second kappa shape index (κ2) is 9.69. The predicted molar refractivity (Wildman–Crippen MR) is 107 cm³/mol. The molecule has 0 unspecified atom stereocenters. The molecule has 0 fully saturated rings. The molecule has 154 valence electrons. The van der Waals surface area contributed by atoms with E-state index in [-0.39, 0.29) is 29.0 Å². The van der Waals surface area contributed by atoms with E-state index in [0.717, 1.165) is 23.9 Å². The molecule has 0 saturated carbocycles.